The summed E-state index contributed by atoms with van der Waals surface area (Å²) < 4.78 is 7.04. The first-order chi connectivity index (χ1) is 16.1. The van der Waals surface area contributed by atoms with Gasteiger partial charge >= 0.3 is 6.09 Å². The average Bonchev–Trinajstić information content (AvgIpc) is 3.14. The Morgan fingerprint density at radius 3 is 2.14 bits per heavy atom. The highest BCUT2D eigenvalue weighted by Gasteiger charge is 2.58. The predicted octanol–water partition coefficient (Wildman–Crippen LogP) is 7.50. The van der Waals surface area contributed by atoms with Crippen LogP contribution >= 0.6 is 0 Å². The van der Waals surface area contributed by atoms with E-state index >= 15 is 0 Å². The van der Waals surface area contributed by atoms with Crippen LogP contribution < -0.4 is 5.73 Å². The minimum absolute atomic E-state index is 0.0117. The number of likely N-dealkylation sites (tertiary alicyclic amines) is 1. The normalized spacial score (nSPS) is 22.3. The van der Waals surface area contributed by atoms with Crippen LogP contribution in [0.4, 0.5) is 10.5 Å². The van der Waals surface area contributed by atoms with Crippen LogP contribution in [0, 0.1) is 5.41 Å². The maximum Gasteiger partial charge on any atom is 0.408 e. The summed E-state index contributed by atoms with van der Waals surface area (Å²) in [5.41, 5.74) is 7.95. The van der Waals surface area contributed by atoms with E-state index in [9.17, 15) is 9.90 Å². The van der Waals surface area contributed by atoms with E-state index in [-0.39, 0.29) is 22.6 Å². The van der Waals surface area contributed by atoms with Gasteiger partial charge in [-0.2, -0.15) is 0 Å². The van der Waals surface area contributed by atoms with Gasteiger partial charge in [0.2, 0.25) is 0 Å². The molecule has 1 unspecified atom stereocenters. The number of benzene rings is 2. The zero-order valence-corrected chi connectivity index (χ0v) is 23.8. The number of nitrogens with zero attached hydrogens (tertiary/aromatic N) is 1. The molecule has 0 bridgehead atoms. The molecule has 1 aliphatic rings. The van der Waals surface area contributed by atoms with Gasteiger partial charge in [0.15, 0.2) is 8.32 Å². The van der Waals surface area contributed by atoms with Gasteiger partial charge < -0.3 is 15.3 Å². The first-order valence-electron chi connectivity index (χ1n) is 12.7. The quantitative estimate of drug-likeness (QED) is 0.321. The Bertz CT molecular complexity index is 1010. The number of carboxylic acid groups (broad SMARTS) is 1. The molecule has 0 radical (unpaired) electrons. The smallest absolute Gasteiger partial charge is 0.408 e. The Balaban J connectivity index is 2.12. The van der Waals surface area contributed by atoms with Crippen LogP contribution in [0.25, 0.3) is 0 Å². The van der Waals surface area contributed by atoms with Crippen LogP contribution in [-0.4, -0.2) is 36.0 Å². The number of amides is 1. The molecule has 3 N–H and O–H groups in total. The van der Waals surface area contributed by atoms with Gasteiger partial charge in [0.1, 0.15) is 0 Å². The molecule has 0 aliphatic carbocycles. The summed E-state index contributed by atoms with van der Waals surface area (Å²) in [5.74, 6) is 0. The number of anilines is 1. The summed E-state index contributed by atoms with van der Waals surface area (Å²) in [7, 11) is -2.19. The fourth-order valence-electron chi connectivity index (χ4n) is 5.22. The molecule has 1 amide bonds. The monoisotopic (exact) mass is 496 g/mol. The van der Waals surface area contributed by atoms with E-state index < -0.39 is 19.9 Å². The van der Waals surface area contributed by atoms with Crippen molar-refractivity contribution in [2.45, 2.75) is 96.6 Å². The summed E-state index contributed by atoms with van der Waals surface area (Å²) >= 11 is 0. The molecule has 1 heterocycles. The molecular formula is C29H44N2O3Si. The fourth-order valence-corrected chi connectivity index (χ4v) is 6.50. The molecular weight excluding hydrogens is 452 g/mol. The topological polar surface area (TPSA) is 75.8 Å². The van der Waals surface area contributed by atoms with Crippen molar-refractivity contribution < 1.29 is 14.3 Å². The van der Waals surface area contributed by atoms with Crippen molar-refractivity contribution in [2.75, 3.05) is 5.73 Å². The van der Waals surface area contributed by atoms with E-state index in [1.165, 1.54) is 0 Å². The van der Waals surface area contributed by atoms with E-state index in [4.69, 9.17) is 10.2 Å². The van der Waals surface area contributed by atoms with Crippen molar-refractivity contribution in [2.24, 2.45) is 5.41 Å². The van der Waals surface area contributed by atoms with Crippen LogP contribution in [0.2, 0.25) is 18.1 Å². The Morgan fingerprint density at radius 1 is 1.09 bits per heavy atom. The van der Waals surface area contributed by atoms with Crippen LogP contribution in [0.15, 0.2) is 54.6 Å². The Morgan fingerprint density at radius 2 is 1.66 bits per heavy atom. The molecule has 35 heavy (non-hydrogen) atoms. The lowest BCUT2D eigenvalue weighted by Crippen LogP contribution is -2.60. The first-order valence-corrected chi connectivity index (χ1v) is 15.6. The molecule has 6 heteroatoms. The molecule has 1 fully saturated rings. The van der Waals surface area contributed by atoms with Crippen LogP contribution in [0.1, 0.15) is 71.6 Å². The summed E-state index contributed by atoms with van der Waals surface area (Å²) in [6, 6.07) is 17.8. The lowest BCUT2D eigenvalue weighted by atomic mass is 9.68. The van der Waals surface area contributed by atoms with Gasteiger partial charge in [-0.3, -0.25) is 4.90 Å². The molecule has 192 valence electrons. The van der Waals surface area contributed by atoms with Gasteiger partial charge in [0.25, 0.3) is 0 Å². The molecule has 0 spiro atoms. The highest BCUT2D eigenvalue weighted by molar-refractivity contribution is 6.74. The largest absolute Gasteiger partial charge is 0.465 e. The lowest BCUT2D eigenvalue weighted by Gasteiger charge is -2.50. The summed E-state index contributed by atoms with van der Waals surface area (Å²) in [4.78, 5) is 14.8. The van der Waals surface area contributed by atoms with E-state index in [1.54, 1.807) is 4.90 Å². The number of nitrogens with two attached hydrogens (primary N) is 1. The second kappa shape index (κ2) is 9.62. The third-order valence-electron chi connectivity index (χ3n) is 8.43. The number of nitrogen functional groups attached to an aromatic ring is 1. The molecule has 3 atom stereocenters. The third-order valence-corrected chi connectivity index (χ3v) is 12.9. The van der Waals surface area contributed by atoms with E-state index in [1.807, 2.05) is 42.5 Å². The zero-order chi connectivity index (χ0) is 26.2. The van der Waals surface area contributed by atoms with Crippen LogP contribution in [-0.2, 0) is 10.8 Å². The highest BCUT2D eigenvalue weighted by Crippen LogP contribution is 2.52. The van der Waals surface area contributed by atoms with Crippen molar-refractivity contribution in [1.29, 1.82) is 0 Å². The van der Waals surface area contributed by atoms with Crippen molar-refractivity contribution >= 4 is 20.1 Å². The van der Waals surface area contributed by atoms with Crippen LogP contribution in [0.5, 0.6) is 0 Å². The molecule has 1 aliphatic heterocycles. The maximum atomic E-state index is 13.1. The summed E-state index contributed by atoms with van der Waals surface area (Å²) in [6.07, 6.45) is 0.983. The van der Waals surface area contributed by atoms with E-state index in [2.05, 4.69) is 66.8 Å². The molecule has 5 nitrogen and oxygen atoms in total. The van der Waals surface area contributed by atoms with Crippen molar-refractivity contribution in [3.05, 3.63) is 65.7 Å². The van der Waals surface area contributed by atoms with E-state index in [0.717, 1.165) is 24.0 Å². The molecule has 2 aromatic rings. The van der Waals surface area contributed by atoms with Gasteiger partial charge in [-0.05, 0) is 66.1 Å². The number of hydrogen-bond donors (Lipinski definition) is 2. The average molecular weight is 497 g/mol. The van der Waals surface area contributed by atoms with E-state index in [0.29, 0.717) is 12.1 Å². The van der Waals surface area contributed by atoms with Gasteiger partial charge in [-0.1, -0.05) is 84.0 Å². The number of rotatable bonds is 6. The number of hydrogen-bond acceptors (Lipinski definition) is 3. The van der Waals surface area contributed by atoms with Gasteiger partial charge in [0.05, 0.1) is 17.7 Å². The van der Waals surface area contributed by atoms with Crippen molar-refractivity contribution in [1.82, 2.24) is 4.90 Å². The number of carbonyl (C=O) groups is 1. The Kier molecular flexibility index (Phi) is 7.50. The van der Waals surface area contributed by atoms with Crippen LogP contribution in [0.3, 0.4) is 0 Å². The minimum Gasteiger partial charge on any atom is -0.465 e. The molecule has 0 saturated carbocycles. The second-order valence-corrected chi connectivity index (χ2v) is 17.4. The second-order valence-electron chi connectivity index (χ2n) is 12.7. The fraction of sp³-hybridized carbons (Fsp3) is 0.552. The molecule has 1 saturated heterocycles. The Hall–Kier alpha value is -2.31. The standard InChI is InChI=1S/C29H44N2O3Si/c1-27(2,3)29(20-21-14-16-23(30)17-15-21)19-18-24(31(29)26(32)33)25(22-12-10-9-11-13-22)34-35(7,8)28(4,5)6/h9-17,24-25H,18-20,30H2,1-8H3,(H,32,33)/t24-,25-,29?/m1/s1. The lowest BCUT2D eigenvalue weighted by molar-refractivity contribution is -0.0148. The van der Waals surface area contributed by atoms with Crippen molar-refractivity contribution in [3.63, 3.8) is 0 Å². The molecule has 0 aromatic heterocycles. The first kappa shape index (κ1) is 27.3. The Labute approximate surface area is 212 Å². The molecule has 2 aromatic carbocycles. The van der Waals surface area contributed by atoms with Gasteiger partial charge in [-0.15, -0.1) is 0 Å². The van der Waals surface area contributed by atoms with Crippen molar-refractivity contribution in [3.8, 4) is 0 Å². The summed E-state index contributed by atoms with van der Waals surface area (Å²) in [5, 5.41) is 10.7. The predicted molar refractivity (Wildman–Crippen MR) is 147 cm³/mol. The van der Waals surface area contributed by atoms with Gasteiger partial charge in [0, 0.05) is 5.69 Å². The SMILES string of the molecule is CC(C)(C)C1(Cc2ccc(N)cc2)CC[C@H]([C@H](O[Si](C)(C)C(C)(C)C)c2ccccc2)N1C(=O)O. The van der Waals surface area contributed by atoms with Gasteiger partial charge in [-0.25, -0.2) is 4.79 Å². The minimum atomic E-state index is -2.19. The maximum absolute atomic E-state index is 13.1. The zero-order valence-electron chi connectivity index (χ0n) is 22.8. The third kappa shape index (κ3) is 5.43. The molecule has 3 rings (SSSR count). The highest BCUT2D eigenvalue weighted by atomic mass is 28.4. The summed E-state index contributed by atoms with van der Waals surface area (Å²) in [6.45, 7) is 17.7.